The van der Waals surface area contributed by atoms with Crippen molar-refractivity contribution in [3.63, 3.8) is 0 Å². The predicted octanol–water partition coefficient (Wildman–Crippen LogP) is 2.23. The molecule has 10 nitrogen and oxygen atoms in total. The largest absolute Gasteiger partial charge is 0.498 e. The summed E-state index contributed by atoms with van der Waals surface area (Å²) in [5, 5.41) is 34.7. The molecule has 3 aliphatic heterocycles. The Kier molecular flexibility index (Phi) is 11.4. The van der Waals surface area contributed by atoms with Crippen LogP contribution in [0.5, 0.6) is 0 Å². The summed E-state index contributed by atoms with van der Waals surface area (Å²) in [6.07, 6.45) is 13.0. The van der Waals surface area contributed by atoms with Crippen LogP contribution in [0.2, 0.25) is 0 Å². The number of hydrogen-bond acceptors (Lipinski definition) is 9. The van der Waals surface area contributed by atoms with Gasteiger partial charge in [0, 0.05) is 64.0 Å². The van der Waals surface area contributed by atoms with Gasteiger partial charge < -0.3 is 35.6 Å². The zero-order chi connectivity index (χ0) is 31.1. The van der Waals surface area contributed by atoms with Gasteiger partial charge in [0.2, 0.25) is 5.91 Å². The molecule has 2 fully saturated rings. The molecule has 0 radical (unpaired) electrons. The van der Waals surface area contributed by atoms with Crippen molar-refractivity contribution in [2.75, 3.05) is 59.1 Å². The average molecular weight is 606 g/mol. The number of alkyl halides is 1. The van der Waals surface area contributed by atoms with Crippen LogP contribution >= 0.6 is 0 Å². The molecular formula is C32H52FN5O5. The zero-order valence-corrected chi connectivity index (χ0v) is 26.2. The van der Waals surface area contributed by atoms with Gasteiger partial charge in [0.25, 0.3) is 0 Å². The van der Waals surface area contributed by atoms with Gasteiger partial charge in [-0.15, -0.1) is 0 Å². The summed E-state index contributed by atoms with van der Waals surface area (Å²) < 4.78 is 21.5. The molecule has 0 aromatic rings. The van der Waals surface area contributed by atoms with E-state index in [1.165, 1.54) is 12.5 Å². The fraction of sp³-hybridized carbons (Fsp3) is 0.750. The van der Waals surface area contributed by atoms with Crippen molar-refractivity contribution in [1.82, 2.24) is 20.4 Å². The molecule has 1 aliphatic carbocycles. The Bertz CT molecular complexity index is 1070. The molecular weight excluding hydrogens is 553 g/mol. The second-order valence-corrected chi connectivity index (χ2v) is 13.1. The van der Waals surface area contributed by atoms with Gasteiger partial charge in [-0.3, -0.25) is 14.7 Å². The summed E-state index contributed by atoms with van der Waals surface area (Å²) in [7, 11) is 0. The van der Waals surface area contributed by atoms with Gasteiger partial charge >= 0.3 is 0 Å². The molecule has 3 heterocycles. The third-order valence-electron chi connectivity index (χ3n) is 9.47. The van der Waals surface area contributed by atoms with Gasteiger partial charge in [0.15, 0.2) is 5.79 Å². The van der Waals surface area contributed by atoms with E-state index in [0.717, 1.165) is 45.2 Å². The van der Waals surface area contributed by atoms with E-state index in [-0.39, 0.29) is 37.0 Å². The Hall–Kier alpha value is -2.31. The minimum absolute atomic E-state index is 0.0420. The van der Waals surface area contributed by atoms with Gasteiger partial charge in [-0.05, 0) is 69.1 Å². The van der Waals surface area contributed by atoms with Gasteiger partial charge in [-0.25, -0.2) is 4.39 Å². The summed E-state index contributed by atoms with van der Waals surface area (Å²) in [5.41, 5.74) is -1.49. The van der Waals surface area contributed by atoms with Crippen LogP contribution in [-0.4, -0.2) is 113 Å². The Morgan fingerprint density at radius 3 is 2.53 bits per heavy atom. The van der Waals surface area contributed by atoms with Crippen LogP contribution in [0.4, 0.5) is 4.39 Å². The van der Waals surface area contributed by atoms with Crippen molar-refractivity contribution in [2.45, 2.75) is 82.8 Å². The van der Waals surface area contributed by atoms with Crippen LogP contribution in [0, 0.1) is 11.8 Å². The van der Waals surface area contributed by atoms with E-state index in [9.17, 15) is 9.90 Å². The lowest BCUT2D eigenvalue weighted by atomic mass is 9.86. The van der Waals surface area contributed by atoms with Gasteiger partial charge in [-0.2, -0.15) is 0 Å². The maximum Gasteiger partial charge on any atom is 0.226 e. The lowest BCUT2D eigenvalue weighted by Crippen LogP contribution is -2.57. The smallest absolute Gasteiger partial charge is 0.226 e. The summed E-state index contributed by atoms with van der Waals surface area (Å²) >= 11 is 0. The van der Waals surface area contributed by atoms with Crippen LogP contribution < -0.4 is 10.6 Å². The number of ether oxygens (including phenoxy) is 1. The molecule has 0 bridgehead atoms. The highest BCUT2D eigenvalue weighted by Crippen LogP contribution is 2.36. The first kappa shape index (κ1) is 33.6. The Morgan fingerprint density at radius 2 is 1.93 bits per heavy atom. The zero-order valence-electron chi connectivity index (χ0n) is 26.2. The van der Waals surface area contributed by atoms with E-state index >= 15 is 4.39 Å². The number of aliphatic hydroxyl groups is 3. The highest BCUT2D eigenvalue weighted by molar-refractivity contribution is 5.80. The fourth-order valence-electron chi connectivity index (χ4n) is 6.17. The number of nitrogens with zero attached hydrogens (tertiary/aromatic N) is 3. The number of rotatable bonds is 15. The average Bonchev–Trinajstić information content (AvgIpc) is 2.98. The SMILES string of the molecule is CCC1=CNC(C)(N2CCC(CCCOC3=CC=C(CC(=O)N4CC(CNCC(O)(CO)CO)C4)C(C)(F)C3)CC2)N=C1. The lowest BCUT2D eigenvalue weighted by Gasteiger charge is -2.43. The second-order valence-electron chi connectivity index (χ2n) is 13.1. The highest BCUT2D eigenvalue weighted by atomic mass is 19.1. The molecule has 0 spiro atoms. The number of halogens is 1. The first-order valence-electron chi connectivity index (χ1n) is 15.9. The maximum atomic E-state index is 15.6. The van der Waals surface area contributed by atoms with E-state index in [0.29, 0.717) is 43.5 Å². The molecule has 5 N–H and O–H groups in total. The molecule has 43 heavy (non-hydrogen) atoms. The van der Waals surface area contributed by atoms with Gasteiger partial charge in [0.05, 0.1) is 32.0 Å². The van der Waals surface area contributed by atoms with E-state index < -0.39 is 24.5 Å². The monoisotopic (exact) mass is 605 g/mol. The molecule has 0 saturated carbocycles. The molecule has 242 valence electrons. The molecule has 4 aliphatic rings. The van der Waals surface area contributed by atoms with Crippen LogP contribution in [-0.2, 0) is 9.53 Å². The first-order chi connectivity index (χ1) is 20.5. The molecule has 0 aromatic carbocycles. The molecule has 4 rings (SSSR count). The lowest BCUT2D eigenvalue weighted by molar-refractivity contribution is -0.137. The van der Waals surface area contributed by atoms with Crippen LogP contribution in [0.1, 0.15) is 65.7 Å². The normalized spacial score (nSPS) is 27.2. The van der Waals surface area contributed by atoms with Crippen LogP contribution in [0.3, 0.4) is 0 Å². The Balaban J connectivity index is 1.12. The maximum absolute atomic E-state index is 15.6. The number of nitrogens with one attached hydrogen (secondary N) is 2. The minimum Gasteiger partial charge on any atom is -0.498 e. The number of aliphatic hydroxyl groups excluding tert-OH is 2. The molecule has 0 aromatic heterocycles. The molecule has 11 heteroatoms. The number of allylic oxidation sites excluding steroid dienone is 4. The van der Waals surface area contributed by atoms with E-state index in [1.807, 2.05) is 12.3 Å². The number of piperidine rings is 1. The Labute approximate surface area is 255 Å². The van der Waals surface area contributed by atoms with Crippen molar-refractivity contribution in [1.29, 1.82) is 0 Å². The topological polar surface area (TPSA) is 130 Å². The van der Waals surface area contributed by atoms with E-state index in [2.05, 4.69) is 35.6 Å². The van der Waals surface area contributed by atoms with Gasteiger partial charge in [-0.1, -0.05) is 13.0 Å². The summed E-state index contributed by atoms with van der Waals surface area (Å²) in [4.78, 5) is 21.7. The predicted molar refractivity (Wildman–Crippen MR) is 165 cm³/mol. The number of hydrogen-bond donors (Lipinski definition) is 5. The molecule has 2 unspecified atom stereocenters. The number of amides is 1. The summed E-state index contributed by atoms with van der Waals surface area (Å²) in [6, 6.07) is 0. The minimum atomic E-state index is -1.63. The van der Waals surface area contributed by atoms with Crippen molar-refractivity contribution in [3.8, 4) is 0 Å². The second kappa shape index (κ2) is 14.6. The molecule has 1 amide bonds. The summed E-state index contributed by atoms with van der Waals surface area (Å²) in [5.74, 6) is 1.05. The van der Waals surface area contributed by atoms with Crippen molar-refractivity contribution in [3.05, 3.63) is 35.3 Å². The van der Waals surface area contributed by atoms with Crippen molar-refractivity contribution >= 4 is 12.1 Å². The third-order valence-corrected chi connectivity index (χ3v) is 9.47. The fourth-order valence-corrected chi connectivity index (χ4v) is 6.17. The van der Waals surface area contributed by atoms with Crippen molar-refractivity contribution < 1.29 is 29.2 Å². The first-order valence-corrected chi connectivity index (χ1v) is 15.9. The highest BCUT2D eigenvalue weighted by Gasteiger charge is 2.38. The molecule has 2 saturated heterocycles. The van der Waals surface area contributed by atoms with Crippen molar-refractivity contribution in [2.24, 2.45) is 16.8 Å². The standard InChI is InChI=1S/C32H52FN5O5/c1-4-24-17-35-31(3,36-18-24)38-11-9-25(10-12-38)6-5-13-43-28-8-7-27(30(2,33)15-28)14-29(41)37-19-26(20-37)16-34-21-32(42,22-39)23-40/h7-8,17-18,25-26,34-35,39-40,42H,4-6,9-16,19-23H2,1-3H3. The molecule has 2 atom stereocenters. The number of carbonyl (C=O) groups excluding carboxylic acids is 1. The number of likely N-dealkylation sites (tertiary alicyclic amines) is 2. The quantitative estimate of drug-likeness (QED) is 0.180. The summed E-state index contributed by atoms with van der Waals surface area (Å²) in [6.45, 7) is 9.05. The van der Waals surface area contributed by atoms with Crippen LogP contribution in [0.15, 0.2) is 40.2 Å². The van der Waals surface area contributed by atoms with Gasteiger partial charge in [0.1, 0.15) is 11.3 Å². The Morgan fingerprint density at radius 1 is 1.21 bits per heavy atom. The number of aliphatic imine (C=N–C) groups is 1. The van der Waals surface area contributed by atoms with Crippen LogP contribution in [0.25, 0.3) is 0 Å². The third kappa shape index (κ3) is 8.88. The van der Waals surface area contributed by atoms with E-state index in [4.69, 9.17) is 19.9 Å². The number of carbonyl (C=O) groups is 1. The van der Waals surface area contributed by atoms with E-state index in [1.54, 1.807) is 11.0 Å².